The van der Waals surface area contributed by atoms with Crippen LogP contribution in [0, 0.1) is 0 Å². The molecular formula is C15H31N3. The molecule has 2 rings (SSSR count). The molecule has 0 aliphatic carbocycles. The number of piperidine rings is 1. The number of nitrogens with one attached hydrogen (secondary N) is 1. The van der Waals surface area contributed by atoms with Gasteiger partial charge in [0.2, 0.25) is 0 Å². The van der Waals surface area contributed by atoms with E-state index >= 15 is 0 Å². The van der Waals surface area contributed by atoms with E-state index in [1.165, 1.54) is 51.9 Å². The maximum absolute atomic E-state index is 3.65. The Morgan fingerprint density at radius 2 is 2.00 bits per heavy atom. The molecule has 3 unspecified atom stereocenters. The molecule has 0 amide bonds. The molecule has 3 heteroatoms. The van der Waals surface area contributed by atoms with Gasteiger partial charge in [-0.15, -0.1) is 0 Å². The van der Waals surface area contributed by atoms with Crippen LogP contribution in [0.25, 0.3) is 0 Å². The van der Waals surface area contributed by atoms with Crippen LogP contribution >= 0.6 is 0 Å². The number of nitrogens with zero attached hydrogens (tertiary/aromatic N) is 2. The average molecular weight is 253 g/mol. The van der Waals surface area contributed by atoms with Crippen LogP contribution in [0.1, 0.15) is 46.5 Å². The molecule has 3 nitrogen and oxygen atoms in total. The van der Waals surface area contributed by atoms with Crippen LogP contribution in [-0.4, -0.2) is 60.6 Å². The Morgan fingerprint density at radius 1 is 1.17 bits per heavy atom. The van der Waals surface area contributed by atoms with E-state index in [0.717, 1.165) is 12.6 Å². The van der Waals surface area contributed by atoms with Crippen molar-refractivity contribution in [3.63, 3.8) is 0 Å². The number of hydrogen-bond donors (Lipinski definition) is 1. The van der Waals surface area contributed by atoms with E-state index in [-0.39, 0.29) is 0 Å². The van der Waals surface area contributed by atoms with Crippen molar-refractivity contribution >= 4 is 0 Å². The van der Waals surface area contributed by atoms with Gasteiger partial charge in [-0.25, -0.2) is 0 Å². The smallest absolute Gasteiger partial charge is 0.0223 e. The lowest BCUT2D eigenvalue weighted by atomic mass is 9.98. The number of fused-ring (bicyclic) bond motifs is 1. The molecule has 0 aromatic carbocycles. The van der Waals surface area contributed by atoms with E-state index in [0.29, 0.717) is 12.1 Å². The van der Waals surface area contributed by atoms with Gasteiger partial charge in [-0.05, 0) is 39.7 Å². The highest BCUT2D eigenvalue weighted by Crippen LogP contribution is 2.21. The second-order valence-electron chi connectivity index (χ2n) is 6.25. The molecule has 3 atom stereocenters. The van der Waals surface area contributed by atoms with Crippen molar-refractivity contribution in [3.05, 3.63) is 0 Å². The number of hydrogen-bond acceptors (Lipinski definition) is 3. The lowest BCUT2D eigenvalue weighted by molar-refractivity contribution is 0.0307. The van der Waals surface area contributed by atoms with Gasteiger partial charge in [0.1, 0.15) is 0 Å². The quantitative estimate of drug-likeness (QED) is 0.808. The van der Waals surface area contributed by atoms with E-state index in [9.17, 15) is 0 Å². The summed E-state index contributed by atoms with van der Waals surface area (Å²) in [5, 5.41) is 3.65. The largest absolute Gasteiger partial charge is 0.313 e. The van der Waals surface area contributed by atoms with Crippen LogP contribution in [0.4, 0.5) is 0 Å². The maximum Gasteiger partial charge on any atom is 0.0223 e. The minimum Gasteiger partial charge on any atom is -0.313 e. The summed E-state index contributed by atoms with van der Waals surface area (Å²) in [4.78, 5) is 5.41. The Kier molecular flexibility index (Phi) is 5.46. The van der Waals surface area contributed by atoms with E-state index in [1.807, 2.05) is 0 Å². The standard InChI is InChI=1S/C15H31N3/c1-4-13(2)16-11-14(3)18-10-9-17-8-6-5-7-15(17)12-18/h13-16H,4-12H2,1-3H3. The zero-order valence-electron chi connectivity index (χ0n) is 12.5. The third-order valence-corrected chi connectivity index (χ3v) is 4.87. The molecule has 1 N–H and O–H groups in total. The van der Waals surface area contributed by atoms with Crippen LogP contribution in [0.2, 0.25) is 0 Å². The lowest BCUT2D eigenvalue weighted by Gasteiger charge is -2.46. The van der Waals surface area contributed by atoms with E-state index in [1.54, 1.807) is 0 Å². The van der Waals surface area contributed by atoms with Crippen LogP contribution in [0.3, 0.4) is 0 Å². The molecule has 106 valence electrons. The predicted octanol–water partition coefficient (Wildman–Crippen LogP) is 1.93. The van der Waals surface area contributed by atoms with Gasteiger partial charge < -0.3 is 5.32 Å². The van der Waals surface area contributed by atoms with E-state index < -0.39 is 0 Å². The summed E-state index contributed by atoms with van der Waals surface area (Å²) < 4.78 is 0. The number of rotatable bonds is 5. The molecule has 2 saturated heterocycles. The van der Waals surface area contributed by atoms with E-state index in [4.69, 9.17) is 0 Å². The first-order valence-corrected chi connectivity index (χ1v) is 7.92. The first-order chi connectivity index (χ1) is 8.70. The highest BCUT2D eigenvalue weighted by Gasteiger charge is 2.30. The molecule has 0 spiro atoms. The van der Waals surface area contributed by atoms with Crippen molar-refractivity contribution in [2.75, 3.05) is 32.7 Å². The van der Waals surface area contributed by atoms with Crippen LogP contribution in [-0.2, 0) is 0 Å². The van der Waals surface area contributed by atoms with Gasteiger partial charge in [0.05, 0.1) is 0 Å². The molecule has 2 fully saturated rings. The lowest BCUT2D eigenvalue weighted by Crippen LogP contribution is -2.58. The van der Waals surface area contributed by atoms with Crippen molar-refractivity contribution in [2.24, 2.45) is 0 Å². The fourth-order valence-corrected chi connectivity index (χ4v) is 3.23. The Morgan fingerprint density at radius 3 is 2.78 bits per heavy atom. The maximum atomic E-state index is 3.65. The highest BCUT2D eigenvalue weighted by molar-refractivity contribution is 4.87. The van der Waals surface area contributed by atoms with Gasteiger partial charge in [0.25, 0.3) is 0 Å². The molecule has 2 heterocycles. The minimum atomic E-state index is 0.656. The van der Waals surface area contributed by atoms with E-state index in [2.05, 4.69) is 35.9 Å². The summed E-state index contributed by atoms with van der Waals surface area (Å²) in [5.41, 5.74) is 0. The van der Waals surface area contributed by atoms with Crippen LogP contribution in [0.15, 0.2) is 0 Å². The molecule has 2 aliphatic rings. The number of piperazine rings is 1. The van der Waals surface area contributed by atoms with Crippen molar-refractivity contribution in [1.82, 2.24) is 15.1 Å². The molecule has 0 aromatic heterocycles. The molecule has 0 bridgehead atoms. The second kappa shape index (κ2) is 6.88. The molecular weight excluding hydrogens is 222 g/mol. The fraction of sp³-hybridized carbons (Fsp3) is 1.00. The Labute approximate surface area is 113 Å². The van der Waals surface area contributed by atoms with Crippen LogP contribution < -0.4 is 5.32 Å². The summed E-state index contributed by atoms with van der Waals surface area (Å²) in [5.74, 6) is 0. The van der Waals surface area contributed by atoms with Gasteiger partial charge in [0, 0.05) is 44.3 Å². The summed E-state index contributed by atoms with van der Waals surface area (Å²) >= 11 is 0. The monoisotopic (exact) mass is 253 g/mol. The molecule has 0 aromatic rings. The third-order valence-electron chi connectivity index (χ3n) is 4.87. The molecule has 18 heavy (non-hydrogen) atoms. The van der Waals surface area contributed by atoms with Gasteiger partial charge in [-0.3, -0.25) is 9.80 Å². The second-order valence-corrected chi connectivity index (χ2v) is 6.25. The van der Waals surface area contributed by atoms with Crippen molar-refractivity contribution in [1.29, 1.82) is 0 Å². The summed E-state index contributed by atoms with van der Waals surface area (Å²) in [6.45, 7) is 13.3. The van der Waals surface area contributed by atoms with Gasteiger partial charge in [-0.2, -0.15) is 0 Å². The summed E-state index contributed by atoms with van der Waals surface area (Å²) in [7, 11) is 0. The Hall–Kier alpha value is -0.120. The first-order valence-electron chi connectivity index (χ1n) is 7.92. The van der Waals surface area contributed by atoms with Gasteiger partial charge >= 0.3 is 0 Å². The van der Waals surface area contributed by atoms with Crippen molar-refractivity contribution < 1.29 is 0 Å². The Balaban J connectivity index is 1.75. The predicted molar refractivity (Wildman–Crippen MR) is 78.0 cm³/mol. The Bertz CT molecular complexity index is 244. The highest BCUT2D eigenvalue weighted by atomic mass is 15.3. The average Bonchev–Trinajstić information content (AvgIpc) is 2.43. The normalized spacial score (nSPS) is 29.8. The minimum absolute atomic E-state index is 0.656. The van der Waals surface area contributed by atoms with Gasteiger partial charge in [-0.1, -0.05) is 13.3 Å². The summed E-state index contributed by atoms with van der Waals surface area (Å²) in [6.07, 6.45) is 5.50. The first kappa shape index (κ1) is 14.3. The zero-order chi connectivity index (χ0) is 13.0. The third kappa shape index (κ3) is 3.69. The fourth-order valence-electron chi connectivity index (χ4n) is 3.23. The molecule has 0 saturated carbocycles. The zero-order valence-corrected chi connectivity index (χ0v) is 12.5. The summed E-state index contributed by atoms with van der Waals surface area (Å²) in [6, 6.07) is 2.19. The van der Waals surface area contributed by atoms with Gasteiger partial charge in [0.15, 0.2) is 0 Å². The molecule has 0 radical (unpaired) electrons. The topological polar surface area (TPSA) is 18.5 Å². The van der Waals surface area contributed by atoms with Crippen molar-refractivity contribution in [2.45, 2.75) is 64.6 Å². The SMILES string of the molecule is CCC(C)NCC(C)N1CCN2CCCCC2C1. The molecule has 2 aliphatic heterocycles. The van der Waals surface area contributed by atoms with Crippen molar-refractivity contribution in [3.8, 4) is 0 Å². The van der Waals surface area contributed by atoms with Crippen LogP contribution in [0.5, 0.6) is 0 Å².